The number of hydrogen-bond acceptors (Lipinski definition) is 1. The number of allylic oxidation sites excluding steroid dienone is 6. The lowest BCUT2D eigenvalue weighted by Crippen LogP contribution is -2.03. The summed E-state index contributed by atoms with van der Waals surface area (Å²) in [5, 5.41) is 1.08. The van der Waals surface area contributed by atoms with Crippen LogP contribution in [0.5, 0.6) is 5.75 Å². The van der Waals surface area contributed by atoms with Gasteiger partial charge in [0.1, 0.15) is 11.5 Å². The number of hydrogen-bond donors (Lipinski definition) is 0. The Kier molecular flexibility index (Phi) is 6.30. The van der Waals surface area contributed by atoms with Crippen molar-refractivity contribution in [3.8, 4) is 17.1 Å². The molecule has 0 saturated heterocycles. The van der Waals surface area contributed by atoms with E-state index in [0.717, 1.165) is 56.1 Å². The first-order valence-electron chi connectivity index (χ1n) is 12.4. The minimum Gasteiger partial charge on any atom is -0.456 e. The minimum absolute atomic E-state index is 0.849. The zero-order chi connectivity index (χ0) is 24.9. The molecule has 0 radical (unpaired) electrons. The van der Waals surface area contributed by atoms with E-state index < -0.39 is 0 Å². The number of fused-ring (bicyclic) bond motifs is 2. The van der Waals surface area contributed by atoms with Gasteiger partial charge in [-0.2, -0.15) is 0 Å². The van der Waals surface area contributed by atoms with Crippen LogP contribution < -0.4 is 4.74 Å². The highest BCUT2D eigenvalue weighted by Gasteiger charge is 2.18. The van der Waals surface area contributed by atoms with E-state index in [1.165, 1.54) is 0 Å². The average molecular weight is 478 g/mol. The quantitative estimate of drug-likeness (QED) is 0.186. The zero-order valence-electron chi connectivity index (χ0n) is 20.3. The monoisotopic (exact) mass is 477 g/mol. The van der Waals surface area contributed by atoms with Crippen LogP contribution in [0, 0.1) is 0 Å². The molecule has 0 fully saturated rings. The molecule has 2 heterocycles. The molecule has 0 N–H and O–H groups in total. The van der Waals surface area contributed by atoms with Gasteiger partial charge in [-0.1, -0.05) is 109 Å². The predicted molar refractivity (Wildman–Crippen MR) is 154 cm³/mol. The van der Waals surface area contributed by atoms with Crippen LogP contribution in [0.25, 0.3) is 39.7 Å². The second-order valence-electron chi connectivity index (χ2n) is 8.77. The Balaban J connectivity index is 1.31. The van der Waals surface area contributed by atoms with Gasteiger partial charge in [0, 0.05) is 22.8 Å². The summed E-state index contributed by atoms with van der Waals surface area (Å²) in [6.45, 7) is 0. The third-order valence-electron chi connectivity index (χ3n) is 6.30. The molecule has 1 aliphatic rings. The smallest absolute Gasteiger partial charge is 0.361 e. The van der Waals surface area contributed by atoms with Crippen molar-refractivity contribution in [2.75, 3.05) is 0 Å². The van der Waals surface area contributed by atoms with Gasteiger partial charge in [0.25, 0.3) is 0 Å². The molecule has 2 heteroatoms. The van der Waals surface area contributed by atoms with Crippen LogP contribution >= 0.6 is 0 Å². The molecule has 5 aromatic rings. The molecule has 0 atom stereocenters. The standard InChI is InChI=1S/C35H25O2/c1-4-14-26(15-5-1)34-24-28(30-20-10-12-22-32(30)36-34)18-8-3-9-19-29-25-35(27-16-6-2-7-17-27)37-33-23-13-11-21-31(29)33/h1-25H/q+1. The van der Waals surface area contributed by atoms with E-state index in [0.29, 0.717) is 0 Å². The largest absolute Gasteiger partial charge is 0.456 e. The minimum atomic E-state index is 0.849. The van der Waals surface area contributed by atoms with Gasteiger partial charge in [0.05, 0.1) is 17.0 Å². The van der Waals surface area contributed by atoms with Gasteiger partial charge >= 0.3 is 11.3 Å². The summed E-state index contributed by atoms with van der Waals surface area (Å²) in [5.74, 6) is 2.57. The first-order valence-corrected chi connectivity index (χ1v) is 12.4. The summed E-state index contributed by atoms with van der Waals surface area (Å²) in [6, 6.07) is 38.8. The Hall–Kier alpha value is -4.95. The number of rotatable bonds is 5. The van der Waals surface area contributed by atoms with Crippen molar-refractivity contribution in [3.05, 3.63) is 162 Å². The summed E-state index contributed by atoms with van der Waals surface area (Å²) in [6.07, 6.45) is 12.6. The Morgan fingerprint density at radius 2 is 1.32 bits per heavy atom. The lowest BCUT2D eigenvalue weighted by atomic mass is 9.99. The second kappa shape index (κ2) is 10.3. The van der Waals surface area contributed by atoms with Crippen molar-refractivity contribution >= 4 is 28.4 Å². The summed E-state index contributed by atoms with van der Waals surface area (Å²) >= 11 is 0. The first kappa shape index (κ1) is 22.5. The van der Waals surface area contributed by atoms with Gasteiger partial charge in [-0.05, 0) is 35.9 Å². The van der Waals surface area contributed by atoms with E-state index in [9.17, 15) is 0 Å². The van der Waals surface area contributed by atoms with Crippen LogP contribution in [-0.2, 0) is 0 Å². The maximum atomic E-state index is 6.20. The van der Waals surface area contributed by atoms with Gasteiger partial charge in [-0.3, -0.25) is 0 Å². The molecular weight excluding hydrogens is 452 g/mol. The molecule has 6 rings (SSSR count). The Bertz CT molecular complexity index is 1670. The molecule has 0 saturated carbocycles. The zero-order valence-corrected chi connectivity index (χ0v) is 20.3. The second-order valence-corrected chi connectivity index (χ2v) is 8.77. The van der Waals surface area contributed by atoms with E-state index in [1.807, 2.05) is 72.8 Å². The summed E-state index contributed by atoms with van der Waals surface area (Å²) in [4.78, 5) is 0. The normalized spacial score (nSPS) is 14.2. The fraction of sp³-hybridized carbons (Fsp3) is 0. The van der Waals surface area contributed by atoms with Crippen molar-refractivity contribution < 1.29 is 9.15 Å². The highest BCUT2D eigenvalue weighted by molar-refractivity contribution is 5.90. The molecule has 1 aliphatic heterocycles. The third-order valence-corrected chi connectivity index (χ3v) is 6.30. The molecule has 0 unspecified atom stereocenters. The van der Waals surface area contributed by atoms with Crippen molar-refractivity contribution in [2.24, 2.45) is 0 Å². The molecule has 0 aliphatic carbocycles. The maximum Gasteiger partial charge on any atom is 0.361 e. The molecule has 176 valence electrons. The van der Waals surface area contributed by atoms with Gasteiger partial charge in [0.2, 0.25) is 0 Å². The predicted octanol–water partition coefficient (Wildman–Crippen LogP) is 9.47. The fourth-order valence-electron chi connectivity index (χ4n) is 4.47. The molecular formula is C35H25O2+. The first-order chi connectivity index (χ1) is 18.3. The van der Waals surface area contributed by atoms with Crippen LogP contribution in [-0.4, -0.2) is 0 Å². The van der Waals surface area contributed by atoms with E-state index >= 15 is 0 Å². The maximum absolute atomic E-state index is 6.20. The van der Waals surface area contributed by atoms with Crippen molar-refractivity contribution in [1.82, 2.24) is 0 Å². The molecule has 0 bridgehead atoms. The number of benzene rings is 4. The number of ether oxygens (including phenoxy) is 1. The Morgan fingerprint density at radius 1 is 0.622 bits per heavy atom. The highest BCUT2D eigenvalue weighted by Crippen LogP contribution is 2.36. The van der Waals surface area contributed by atoms with Gasteiger partial charge in [-0.25, -0.2) is 4.42 Å². The molecule has 1 aromatic heterocycles. The summed E-state index contributed by atoms with van der Waals surface area (Å²) in [7, 11) is 0. The highest BCUT2D eigenvalue weighted by atomic mass is 16.5. The van der Waals surface area contributed by atoms with Crippen LogP contribution in [0.4, 0.5) is 0 Å². The Morgan fingerprint density at radius 3 is 2.16 bits per heavy atom. The lowest BCUT2D eigenvalue weighted by molar-refractivity contribution is 0.509. The molecule has 0 amide bonds. The van der Waals surface area contributed by atoms with Crippen molar-refractivity contribution in [2.45, 2.75) is 0 Å². The number of para-hydroxylation sites is 2. The van der Waals surface area contributed by atoms with Crippen LogP contribution in [0.1, 0.15) is 16.7 Å². The van der Waals surface area contributed by atoms with Crippen LogP contribution in [0.15, 0.2) is 150 Å². The average Bonchev–Trinajstić information content (AvgIpc) is 2.97. The fourth-order valence-corrected chi connectivity index (χ4v) is 4.47. The van der Waals surface area contributed by atoms with Crippen molar-refractivity contribution in [3.63, 3.8) is 0 Å². The van der Waals surface area contributed by atoms with Gasteiger partial charge in [0.15, 0.2) is 0 Å². The van der Waals surface area contributed by atoms with Crippen LogP contribution in [0.2, 0.25) is 0 Å². The lowest BCUT2D eigenvalue weighted by Gasteiger charge is -2.20. The topological polar surface area (TPSA) is 20.5 Å². The van der Waals surface area contributed by atoms with Crippen molar-refractivity contribution in [1.29, 1.82) is 0 Å². The van der Waals surface area contributed by atoms with E-state index in [2.05, 4.69) is 78.9 Å². The summed E-state index contributed by atoms with van der Waals surface area (Å²) < 4.78 is 12.4. The van der Waals surface area contributed by atoms with Crippen LogP contribution in [0.3, 0.4) is 0 Å². The molecule has 4 aromatic carbocycles. The molecule has 37 heavy (non-hydrogen) atoms. The third kappa shape index (κ3) is 4.91. The molecule has 2 nitrogen and oxygen atoms in total. The van der Waals surface area contributed by atoms with Gasteiger partial charge in [-0.15, -0.1) is 0 Å². The summed E-state index contributed by atoms with van der Waals surface area (Å²) in [5.41, 5.74) is 6.29. The van der Waals surface area contributed by atoms with E-state index in [1.54, 1.807) is 0 Å². The SMILES string of the molecule is C1=C(c2ccccc2)Oc2ccccc2/C1=C/C=C/C=C/c1cc(-c2ccccc2)[o+]c2ccccc12. The van der Waals surface area contributed by atoms with E-state index in [-0.39, 0.29) is 0 Å². The van der Waals surface area contributed by atoms with Gasteiger partial charge < -0.3 is 4.74 Å². The Labute approximate surface area is 216 Å². The molecule has 0 spiro atoms. The van der Waals surface area contributed by atoms with E-state index in [4.69, 9.17) is 9.15 Å².